The van der Waals surface area contributed by atoms with Gasteiger partial charge in [-0.1, -0.05) is 0 Å². The van der Waals surface area contributed by atoms with Gasteiger partial charge in [0.25, 0.3) is 0 Å². The smallest absolute Gasteiger partial charge is 0.229 e. The van der Waals surface area contributed by atoms with Crippen LogP contribution in [0.15, 0.2) is 0 Å². The van der Waals surface area contributed by atoms with Crippen LogP contribution in [0.4, 0.5) is 0 Å². The fraction of sp³-hybridized carbons (Fsp3) is 0.875. The molecule has 5 saturated carbocycles. The Bertz CT molecular complexity index is 411. The SMILES string of the molecule is N#CCN(C(=O)C12CC3CC(CC(C3)C1)C2)C1CC1. The minimum absolute atomic E-state index is 0.0613. The molecule has 5 fully saturated rings. The average Bonchev–Trinajstić information content (AvgIpc) is 3.17. The van der Waals surface area contributed by atoms with E-state index < -0.39 is 0 Å². The van der Waals surface area contributed by atoms with Crippen LogP contribution < -0.4 is 0 Å². The molecule has 0 N–H and O–H groups in total. The van der Waals surface area contributed by atoms with Crippen molar-refractivity contribution in [3.8, 4) is 6.07 Å². The molecule has 0 aromatic rings. The van der Waals surface area contributed by atoms with E-state index >= 15 is 0 Å². The Morgan fingerprint density at radius 1 is 1.11 bits per heavy atom. The standard InChI is InChI=1S/C16H22N2O/c17-3-4-18(14-1-2-14)15(19)16-8-11-5-12(9-16)7-13(6-11)10-16/h11-14H,1-2,4-10H2. The molecular weight excluding hydrogens is 236 g/mol. The number of hydrogen-bond donors (Lipinski definition) is 0. The van der Waals surface area contributed by atoms with Crippen LogP contribution in [-0.4, -0.2) is 23.4 Å². The molecule has 0 unspecified atom stereocenters. The van der Waals surface area contributed by atoms with E-state index in [2.05, 4.69) is 6.07 Å². The van der Waals surface area contributed by atoms with Gasteiger partial charge in [-0.2, -0.15) is 5.26 Å². The van der Waals surface area contributed by atoms with E-state index in [1.807, 2.05) is 4.90 Å². The van der Waals surface area contributed by atoms with Gasteiger partial charge in [0, 0.05) is 6.04 Å². The van der Waals surface area contributed by atoms with Gasteiger partial charge in [0.15, 0.2) is 0 Å². The first kappa shape index (κ1) is 11.8. The molecule has 0 radical (unpaired) electrons. The second kappa shape index (κ2) is 3.98. The van der Waals surface area contributed by atoms with Gasteiger partial charge in [-0.3, -0.25) is 4.79 Å². The Balaban J connectivity index is 1.60. The Hall–Kier alpha value is -1.04. The zero-order valence-electron chi connectivity index (χ0n) is 11.5. The molecule has 5 aliphatic rings. The van der Waals surface area contributed by atoms with Crippen LogP contribution in [0.5, 0.6) is 0 Å². The van der Waals surface area contributed by atoms with Gasteiger partial charge < -0.3 is 4.90 Å². The minimum Gasteiger partial charge on any atom is -0.326 e. The molecule has 0 aromatic heterocycles. The number of amides is 1. The molecule has 5 aliphatic carbocycles. The van der Waals surface area contributed by atoms with Crippen molar-refractivity contribution in [3.05, 3.63) is 0 Å². The van der Waals surface area contributed by atoms with Crippen LogP contribution in [0, 0.1) is 34.5 Å². The van der Waals surface area contributed by atoms with Crippen LogP contribution in [0.25, 0.3) is 0 Å². The summed E-state index contributed by atoms with van der Waals surface area (Å²) in [6, 6.07) is 2.60. The van der Waals surface area contributed by atoms with Crippen LogP contribution in [-0.2, 0) is 4.79 Å². The first-order valence-corrected chi connectivity index (χ1v) is 7.88. The molecular formula is C16H22N2O. The van der Waals surface area contributed by atoms with Crippen LogP contribution in [0.2, 0.25) is 0 Å². The lowest BCUT2D eigenvalue weighted by Gasteiger charge is -2.56. The van der Waals surface area contributed by atoms with Crippen LogP contribution in [0.3, 0.4) is 0 Å². The van der Waals surface area contributed by atoms with Gasteiger partial charge in [-0.05, 0) is 69.1 Å². The lowest BCUT2D eigenvalue weighted by atomic mass is 9.49. The molecule has 0 spiro atoms. The molecule has 0 saturated heterocycles. The van der Waals surface area contributed by atoms with Gasteiger partial charge in [0.05, 0.1) is 11.5 Å². The molecule has 3 nitrogen and oxygen atoms in total. The maximum absolute atomic E-state index is 13.0. The van der Waals surface area contributed by atoms with Crippen LogP contribution in [0.1, 0.15) is 51.4 Å². The Labute approximate surface area is 115 Å². The first-order chi connectivity index (χ1) is 9.20. The highest BCUT2D eigenvalue weighted by molar-refractivity contribution is 5.84. The third-order valence-electron chi connectivity index (χ3n) is 5.98. The summed E-state index contributed by atoms with van der Waals surface area (Å²) in [6.07, 6.45) is 9.68. The number of hydrogen-bond acceptors (Lipinski definition) is 2. The topological polar surface area (TPSA) is 44.1 Å². The maximum atomic E-state index is 13.0. The third-order valence-corrected chi connectivity index (χ3v) is 5.98. The Kier molecular flexibility index (Phi) is 2.46. The molecule has 19 heavy (non-hydrogen) atoms. The lowest BCUT2D eigenvalue weighted by molar-refractivity contribution is -0.157. The van der Waals surface area contributed by atoms with Crippen molar-refractivity contribution >= 4 is 5.91 Å². The van der Waals surface area contributed by atoms with E-state index in [0.717, 1.165) is 49.9 Å². The highest BCUT2D eigenvalue weighted by Gasteiger charge is 2.56. The monoisotopic (exact) mass is 258 g/mol. The summed E-state index contributed by atoms with van der Waals surface area (Å²) >= 11 is 0. The Morgan fingerprint density at radius 3 is 2.05 bits per heavy atom. The number of nitriles is 1. The van der Waals surface area contributed by atoms with Crippen molar-refractivity contribution < 1.29 is 4.79 Å². The summed E-state index contributed by atoms with van der Waals surface area (Å²) in [4.78, 5) is 15.0. The lowest BCUT2D eigenvalue weighted by Crippen LogP contribution is -2.55. The summed E-state index contributed by atoms with van der Waals surface area (Å²) in [5.41, 5.74) is -0.0613. The fourth-order valence-electron chi connectivity index (χ4n) is 5.51. The van der Waals surface area contributed by atoms with Gasteiger partial charge in [-0.15, -0.1) is 0 Å². The molecule has 0 aromatic carbocycles. The number of carbonyl (C=O) groups is 1. The van der Waals surface area contributed by atoms with Crippen molar-refractivity contribution in [1.29, 1.82) is 5.26 Å². The highest BCUT2D eigenvalue weighted by atomic mass is 16.2. The van der Waals surface area contributed by atoms with Crippen LogP contribution >= 0.6 is 0 Å². The molecule has 0 heterocycles. The van der Waals surface area contributed by atoms with E-state index in [1.54, 1.807) is 0 Å². The summed E-state index contributed by atoms with van der Waals surface area (Å²) in [7, 11) is 0. The predicted octanol–water partition coefficient (Wildman–Crippen LogP) is 2.72. The maximum Gasteiger partial charge on any atom is 0.229 e. The van der Waals surface area contributed by atoms with Crippen molar-refractivity contribution in [2.24, 2.45) is 23.2 Å². The van der Waals surface area contributed by atoms with E-state index in [4.69, 9.17) is 5.26 Å². The number of nitrogens with zero attached hydrogens (tertiary/aromatic N) is 2. The number of carbonyl (C=O) groups excluding carboxylic acids is 1. The normalized spacial score (nSPS) is 43.0. The summed E-state index contributed by atoms with van der Waals surface area (Å²) in [6.45, 7) is 0.311. The van der Waals surface area contributed by atoms with Crippen molar-refractivity contribution in [1.82, 2.24) is 4.90 Å². The summed E-state index contributed by atoms with van der Waals surface area (Å²) in [5, 5.41) is 9.00. The minimum atomic E-state index is -0.0613. The molecule has 1 amide bonds. The number of rotatable bonds is 3. The summed E-state index contributed by atoms with van der Waals surface area (Å²) < 4.78 is 0. The van der Waals surface area contributed by atoms with E-state index in [0.29, 0.717) is 18.5 Å². The largest absolute Gasteiger partial charge is 0.326 e. The molecule has 5 rings (SSSR count). The first-order valence-electron chi connectivity index (χ1n) is 7.88. The predicted molar refractivity (Wildman–Crippen MR) is 71.0 cm³/mol. The highest BCUT2D eigenvalue weighted by Crippen LogP contribution is 2.60. The van der Waals surface area contributed by atoms with Gasteiger partial charge >= 0.3 is 0 Å². The average molecular weight is 258 g/mol. The Morgan fingerprint density at radius 2 is 1.63 bits per heavy atom. The fourth-order valence-corrected chi connectivity index (χ4v) is 5.51. The van der Waals surface area contributed by atoms with Crippen molar-refractivity contribution in [2.45, 2.75) is 57.4 Å². The molecule has 4 bridgehead atoms. The molecule has 0 atom stereocenters. The quantitative estimate of drug-likeness (QED) is 0.731. The zero-order valence-corrected chi connectivity index (χ0v) is 11.5. The molecule has 0 aliphatic heterocycles. The second-order valence-electron chi connectivity index (χ2n) is 7.52. The van der Waals surface area contributed by atoms with Gasteiger partial charge in [0.2, 0.25) is 5.91 Å². The second-order valence-corrected chi connectivity index (χ2v) is 7.52. The van der Waals surface area contributed by atoms with E-state index in [-0.39, 0.29) is 5.41 Å². The van der Waals surface area contributed by atoms with E-state index in [1.165, 1.54) is 19.3 Å². The summed E-state index contributed by atoms with van der Waals surface area (Å²) in [5.74, 6) is 2.76. The van der Waals surface area contributed by atoms with Gasteiger partial charge in [-0.25, -0.2) is 0 Å². The molecule has 3 heteroatoms. The zero-order chi connectivity index (χ0) is 13.0. The van der Waals surface area contributed by atoms with Gasteiger partial charge in [0.1, 0.15) is 6.54 Å². The van der Waals surface area contributed by atoms with Crippen molar-refractivity contribution in [3.63, 3.8) is 0 Å². The van der Waals surface area contributed by atoms with Crippen molar-refractivity contribution in [2.75, 3.05) is 6.54 Å². The molecule has 102 valence electrons. The van der Waals surface area contributed by atoms with E-state index in [9.17, 15) is 4.79 Å². The third kappa shape index (κ3) is 1.80.